The van der Waals surface area contributed by atoms with Crippen LogP contribution in [-0.4, -0.2) is 0 Å². The third-order valence-corrected chi connectivity index (χ3v) is 2.40. The Balaban J connectivity index is 2.55. The first-order chi connectivity index (χ1) is 6.09. The van der Waals surface area contributed by atoms with Gasteiger partial charge in [0.25, 0.3) is 5.92 Å². The van der Waals surface area contributed by atoms with Gasteiger partial charge >= 0.3 is 0 Å². The molecule has 0 spiro atoms. The summed E-state index contributed by atoms with van der Waals surface area (Å²) in [5.74, 6) is -3.42. The highest BCUT2D eigenvalue weighted by Gasteiger charge is 2.36. The van der Waals surface area contributed by atoms with Crippen molar-refractivity contribution in [2.45, 2.75) is 25.2 Å². The van der Waals surface area contributed by atoms with E-state index in [-0.39, 0.29) is 12.0 Å². The molecule has 2 rings (SSSR count). The van der Waals surface area contributed by atoms with E-state index in [1.807, 2.05) is 0 Å². The van der Waals surface area contributed by atoms with Crippen LogP contribution in [0.25, 0.3) is 0 Å². The molecule has 0 aliphatic heterocycles. The molecule has 0 nitrogen and oxygen atoms in total. The van der Waals surface area contributed by atoms with Gasteiger partial charge in [-0.05, 0) is 30.5 Å². The van der Waals surface area contributed by atoms with Crippen LogP contribution in [-0.2, 0) is 12.3 Å². The maximum absolute atomic E-state index is 13.2. The topological polar surface area (TPSA) is 0 Å². The number of fused-ring (bicyclic) bond motifs is 1. The average molecular weight is 186 g/mol. The van der Waals surface area contributed by atoms with Crippen LogP contribution < -0.4 is 0 Å². The molecule has 0 bridgehead atoms. The molecule has 1 aromatic carbocycles. The van der Waals surface area contributed by atoms with Gasteiger partial charge in [-0.2, -0.15) is 0 Å². The van der Waals surface area contributed by atoms with Gasteiger partial charge < -0.3 is 0 Å². The first kappa shape index (κ1) is 8.60. The van der Waals surface area contributed by atoms with Crippen molar-refractivity contribution in [3.05, 3.63) is 35.1 Å². The number of alkyl halides is 2. The number of rotatable bonds is 0. The van der Waals surface area contributed by atoms with E-state index < -0.39 is 11.7 Å². The van der Waals surface area contributed by atoms with Crippen LogP contribution in [0.2, 0.25) is 0 Å². The van der Waals surface area contributed by atoms with Crippen molar-refractivity contribution in [2.75, 3.05) is 0 Å². The summed E-state index contributed by atoms with van der Waals surface area (Å²) < 4.78 is 39.1. The summed E-state index contributed by atoms with van der Waals surface area (Å²) in [6.07, 6.45) is 0.945. The summed E-state index contributed by atoms with van der Waals surface area (Å²) in [6, 6.07) is 3.65. The molecule has 1 aliphatic carbocycles. The SMILES string of the molecule is Fc1ccc2c(c1)C(F)(F)CCC2. The molecule has 0 unspecified atom stereocenters. The Hall–Kier alpha value is -0.990. The summed E-state index contributed by atoms with van der Waals surface area (Å²) in [4.78, 5) is 0. The monoisotopic (exact) mass is 186 g/mol. The van der Waals surface area contributed by atoms with E-state index >= 15 is 0 Å². The molecule has 1 aromatic rings. The molecule has 0 saturated carbocycles. The van der Waals surface area contributed by atoms with Crippen molar-refractivity contribution in [1.29, 1.82) is 0 Å². The maximum atomic E-state index is 13.2. The molecule has 1 aliphatic rings. The zero-order valence-electron chi connectivity index (χ0n) is 6.99. The van der Waals surface area contributed by atoms with Crippen molar-refractivity contribution in [3.8, 4) is 0 Å². The molecular formula is C10H9F3. The molecular weight excluding hydrogens is 177 g/mol. The van der Waals surface area contributed by atoms with Crippen LogP contribution in [0.4, 0.5) is 13.2 Å². The van der Waals surface area contributed by atoms with Crippen LogP contribution in [0, 0.1) is 5.82 Å². The molecule has 13 heavy (non-hydrogen) atoms. The molecule has 0 atom stereocenters. The van der Waals surface area contributed by atoms with E-state index in [1.54, 1.807) is 0 Å². The minimum absolute atomic E-state index is 0.126. The van der Waals surface area contributed by atoms with Gasteiger partial charge in [0.05, 0.1) is 0 Å². The van der Waals surface area contributed by atoms with Gasteiger partial charge in [0, 0.05) is 12.0 Å². The normalized spacial score (nSPS) is 19.6. The predicted molar refractivity (Wildman–Crippen MR) is 43.2 cm³/mol. The standard InChI is InChI=1S/C10H9F3/c11-8-4-3-7-2-1-5-10(12,13)9(7)6-8/h3-4,6H,1-2,5H2. The van der Waals surface area contributed by atoms with Gasteiger partial charge in [-0.1, -0.05) is 6.07 Å². The fourth-order valence-corrected chi connectivity index (χ4v) is 1.74. The van der Waals surface area contributed by atoms with Gasteiger partial charge in [-0.15, -0.1) is 0 Å². The summed E-state index contributed by atoms with van der Waals surface area (Å²) in [6.45, 7) is 0. The Labute approximate surface area is 74.4 Å². The van der Waals surface area contributed by atoms with E-state index in [2.05, 4.69) is 0 Å². The first-order valence-corrected chi connectivity index (χ1v) is 4.26. The van der Waals surface area contributed by atoms with Gasteiger partial charge in [-0.3, -0.25) is 0 Å². The Morgan fingerprint density at radius 1 is 1.23 bits per heavy atom. The molecule has 0 amide bonds. The molecule has 70 valence electrons. The lowest BCUT2D eigenvalue weighted by molar-refractivity contribution is -0.0219. The smallest absolute Gasteiger partial charge is 0.207 e. The molecule has 3 heteroatoms. The number of hydrogen-bond acceptors (Lipinski definition) is 0. The highest BCUT2D eigenvalue weighted by atomic mass is 19.3. The Kier molecular flexibility index (Phi) is 1.82. The third kappa shape index (κ3) is 1.43. The van der Waals surface area contributed by atoms with Crippen molar-refractivity contribution in [1.82, 2.24) is 0 Å². The molecule has 0 N–H and O–H groups in total. The van der Waals surface area contributed by atoms with E-state index in [4.69, 9.17) is 0 Å². The van der Waals surface area contributed by atoms with Crippen LogP contribution in [0.15, 0.2) is 18.2 Å². The summed E-state index contributed by atoms with van der Waals surface area (Å²) in [7, 11) is 0. The quantitative estimate of drug-likeness (QED) is 0.583. The lowest BCUT2D eigenvalue weighted by Gasteiger charge is -2.24. The zero-order chi connectivity index (χ0) is 9.47. The van der Waals surface area contributed by atoms with Crippen LogP contribution in [0.1, 0.15) is 24.0 Å². The molecule has 0 heterocycles. The number of halogens is 3. The molecule has 0 aromatic heterocycles. The summed E-state index contributed by atoms with van der Waals surface area (Å²) in [5.41, 5.74) is 0.455. The summed E-state index contributed by atoms with van der Waals surface area (Å²) in [5, 5.41) is 0. The molecule has 0 fully saturated rings. The first-order valence-electron chi connectivity index (χ1n) is 4.26. The van der Waals surface area contributed by atoms with Crippen LogP contribution >= 0.6 is 0 Å². The van der Waals surface area contributed by atoms with Crippen molar-refractivity contribution < 1.29 is 13.2 Å². The van der Waals surface area contributed by atoms with Crippen LogP contribution in [0.3, 0.4) is 0 Å². The third-order valence-electron chi connectivity index (χ3n) is 2.40. The Bertz CT molecular complexity index is 331. The minimum Gasteiger partial charge on any atom is -0.207 e. The van der Waals surface area contributed by atoms with Crippen molar-refractivity contribution in [3.63, 3.8) is 0 Å². The highest BCUT2D eigenvalue weighted by molar-refractivity contribution is 5.33. The largest absolute Gasteiger partial charge is 0.273 e. The van der Waals surface area contributed by atoms with E-state index in [0.29, 0.717) is 18.4 Å². The van der Waals surface area contributed by atoms with Crippen molar-refractivity contribution >= 4 is 0 Å². The van der Waals surface area contributed by atoms with E-state index in [0.717, 1.165) is 6.07 Å². The van der Waals surface area contributed by atoms with E-state index in [1.165, 1.54) is 12.1 Å². The minimum atomic E-state index is -2.84. The van der Waals surface area contributed by atoms with E-state index in [9.17, 15) is 13.2 Å². The summed E-state index contributed by atoms with van der Waals surface area (Å²) >= 11 is 0. The second-order valence-corrected chi connectivity index (χ2v) is 3.36. The lowest BCUT2D eigenvalue weighted by Crippen LogP contribution is -2.20. The van der Waals surface area contributed by atoms with Gasteiger partial charge in [0.2, 0.25) is 0 Å². The van der Waals surface area contributed by atoms with Gasteiger partial charge in [-0.25, -0.2) is 13.2 Å². The number of hydrogen-bond donors (Lipinski definition) is 0. The molecule has 0 radical (unpaired) electrons. The maximum Gasteiger partial charge on any atom is 0.273 e. The number of aryl methyl sites for hydroxylation is 1. The Morgan fingerprint density at radius 2 is 2.00 bits per heavy atom. The highest BCUT2D eigenvalue weighted by Crippen LogP contribution is 2.39. The predicted octanol–water partition coefficient (Wildman–Crippen LogP) is 3.25. The average Bonchev–Trinajstić information content (AvgIpc) is 2.06. The van der Waals surface area contributed by atoms with Crippen LogP contribution in [0.5, 0.6) is 0 Å². The second kappa shape index (κ2) is 2.76. The Morgan fingerprint density at radius 3 is 2.77 bits per heavy atom. The fraction of sp³-hybridized carbons (Fsp3) is 0.400. The van der Waals surface area contributed by atoms with Gasteiger partial charge in [0.1, 0.15) is 5.82 Å². The zero-order valence-corrected chi connectivity index (χ0v) is 6.99. The second-order valence-electron chi connectivity index (χ2n) is 3.36. The fourth-order valence-electron chi connectivity index (χ4n) is 1.74. The lowest BCUT2D eigenvalue weighted by atomic mass is 9.89. The number of benzene rings is 1. The van der Waals surface area contributed by atoms with Gasteiger partial charge in [0.15, 0.2) is 0 Å². The van der Waals surface area contributed by atoms with Crippen molar-refractivity contribution in [2.24, 2.45) is 0 Å². The molecule has 0 saturated heterocycles.